The molecule has 2 N–H and O–H groups in total. The van der Waals surface area contributed by atoms with Gasteiger partial charge in [0.25, 0.3) is 11.8 Å². The number of halogens is 1. The summed E-state index contributed by atoms with van der Waals surface area (Å²) in [6.45, 7) is 3.11. The van der Waals surface area contributed by atoms with Gasteiger partial charge >= 0.3 is 11.9 Å². The van der Waals surface area contributed by atoms with E-state index in [2.05, 4.69) is 31.4 Å². The van der Waals surface area contributed by atoms with E-state index in [4.69, 9.17) is 4.74 Å². The number of carboxylic acids is 1. The fourth-order valence-electron chi connectivity index (χ4n) is 6.85. The van der Waals surface area contributed by atoms with Crippen LogP contribution in [-0.4, -0.2) is 122 Å². The molecule has 51 heavy (non-hydrogen) atoms. The first-order chi connectivity index (χ1) is 24.0. The van der Waals surface area contributed by atoms with Crippen molar-refractivity contribution in [1.29, 1.82) is 0 Å². The van der Waals surface area contributed by atoms with E-state index in [9.17, 15) is 41.1 Å². The van der Waals surface area contributed by atoms with E-state index in [1.165, 1.54) is 9.36 Å². The number of fused-ring (bicyclic) bond motifs is 2. The zero-order valence-corrected chi connectivity index (χ0v) is 32.0. The van der Waals surface area contributed by atoms with Crippen LogP contribution in [0.2, 0.25) is 0 Å². The van der Waals surface area contributed by atoms with Gasteiger partial charge in [-0.2, -0.15) is 10.2 Å². The molecule has 4 aliphatic carbocycles. The van der Waals surface area contributed by atoms with Crippen molar-refractivity contribution < 1.29 is 45.9 Å². The molecular weight excluding hydrogens is 772 g/mol. The molecular formula is C32H43BrN6O10S2. The number of carbonyl (C=O) groups is 4. The minimum Gasteiger partial charge on any atom is -0.476 e. The summed E-state index contributed by atoms with van der Waals surface area (Å²) in [5.74, 6) is -2.13. The third-order valence-electron chi connectivity index (χ3n) is 10.4. The lowest BCUT2D eigenvalue weighted by atomic mass is 10.0. The molecule has 19 heteroatoms. The smallest absolute Gasteiger partial charge is 0.359 e. The van der Waals surface area contributed by atoms with Gasteiger partial charge in [-0.1, -0.05) is 15.9 Å². The first kappa shape index (κ1) is 37.4. The first-order valence-corrected chi connectivity index (χ1v) is 21.4. The van der Waals surface area contributed by atoms with Crippen LogP contribution < -0.4 is 5.32 Å². The van der Waals surface area contributed by atoms with Gasteiger partial charge in [0.05, 0.1) is 26.6 Å². The number of ether oxygens (including phenoxy) is 1. The van der Waals surface area contributed by atoms with Gasteiger partial charge in [0.2, 0.25) is 0 Å². The van der Waals surface area contributed by atoms with Gasteiger partial charge in [0, 0.05) is 50.2 Å². The molecule has 0 unspecified atom stereocenters. The van der Waals surface area contributed by atoms with Crippen molar-refractivity contribution in [2.45, 2.75) is 91.1 Å². The number of carboxylic acid groups (broad SMARTS) is 1. The zero-order chi connectivity index (χ0) is 37.1. The van der Waals surface area contributed by atoms with Gasteiger partial charge in [-0.3, -0.25) is 19.0 Å². The van der Waals surface area contributed by atoms with Crippen molar-refractivity contribution in [1.82, 2.24) is 29.8 Å². The number of hydrogen-bond acceptors (Lipinski definition) is 11. The lowest BCUT2D eigenvalue weighted by Crippen LogP contribution is -2.46. The lowest BCUT2D eigenvalue weighted by Gasteiger charge is -2.31. The van der Waals surface area contributed by atoms with Crippen molar-refractivity contribution in [2.75, 3.05) is 31.6 Å². The van der Waals surface area contributed by atoms with Crippen molar-refractivity contribution in [3.05, 3.63) is 33.9 Å². The quantitative estimate of drug-likeness (QED) is 0.258. The van der Waals surface area contributed by atoms with E-state index < -0.39 is 36.4 Å². The fraction of sp³-hybridized carbons (Fsp3) is 0.688. The van der Waals surface area contributed by atoms with Crippen LogP contribution in [-0.2, 0) is 51.3 Å². The number of rotatable bonds is 10. The number of aromatic nitrogens is 4. The summed E-state index contributed by atoms with van der Waals surface area (Å²) in [6.07, 6.45) is 7.21. The molecule has 0 radical (unpaired) electrons. The monoisotopic (exact) mass is 814 g/mol. The third-order valence-corrected chi connectivity index (χ3v) is 18.1. The van der Waals surface area contributed by atoms with Crippen molar-refractivity contribution >= 4 is 59.4 Å². The minimum absolute atomic E-state index is 0.0162. The number of esters is 1. The van der Waals surface area contributed by atoms with Crippen LogP contribution in [0.5, 0.6) is 0 Å². The number of alkyl halides is 1. The highest BCUT2D eigenvalue weighted by molar-refractivity contribution is 9.09. The predicted molar refractivity (Wildman–Crippen MR) is 187 cm³/mol. The highest BCUT2D eigenvalue weighted by atomic mass is 79.9. The highest BCUT2D eigenvalue weighted by Crippen LogP contribution is 2.52. The molecule has 2 aromatic rings. The van der Waals surface area contributed by atoms with Crippen LogP contribution in [0.15, 0.2) is 0 Å². The molecule has 4 fully saturated rings. The van der Waals surface area contributed by atoms with Gasteiger partial charge < -0.3 is 20.1 Å². The summed E-state index contributed by atoms with van der Waals surface area (Å²) in [6, 6.07) is 0. The average molecular weight is 816 g/mol. The largest absolute Gasteiger partial charge is 0.476 e. The molecule has 2 aliphatic heterocycles. The molecule has 2 amide bonds. The van der Waals surface area contributed by atoms with E-state index in [-0.39, 0.29) is 50.7 Å². The molecule has 280 valence electrons. The van der Waals surface area contributed by atoms with E-state index >= 15 is 0 Å². The Balaban J connectivity index is 0.000000143. The Morgan fingerprint density at radius 2 is 1.41 bits per heavy atom. The molecule has 0 saturated heterocycles. The number of hydrogen-bond donors (Lipinski definition) is 2. The van der Waals surface area contributed by atoms with Gasteiger partial charge in [-0.05, 0) is 71.1 Å². The minimum atomic E-state index is -3.18. The van der Waals surface area contributed by atoms with Crippen LogP contribution in [0.4, 0.5) is 0 Å². The second-order valence-electron chi connectivity index (χ2n) is 14.1. The Morgan fingerprint density at radius 3 is 1.92 bits per heavy atom. The molecule has 16 nitrogen and oxygen atoms in total. The van der Waals surface area contributed by atoms with Gasteiger partial charge in [-0.15, -0.1) is 0 Å². The number of aryl methyl sites for hydroxylation is 2. The van der Waals surface area contributed by atoms with Crippen LogP contribution in [0.25, 0.3) is 0 Å². The fourth-order valence-corrected chi connectivity index (χ4v) is 13.1. The molecule has 0 bridgehead atoms. The summed E-state index contributed by atoms with van der Waals surface area (Å²) in [5, 5.41) is 20.3. The second-order valence-corrected chi connectivity index (χ2v) is 19.9. The zero-order valence-electron chi connectivity index (χ0n) is 28.8. The molecule has 0 atom stereocenters. The first-order valence-electron chi connectivity index (χ1n) is 17.2. The summed E-state index contributed by atoms with van der Waals surface area (Å²) in [4.78, 5) is 48.8. The second kappa shape index (κ2) is 13.6. The Morgan fingerprint density at radius 1 is 0.882 bits per heavy atom. The highest BCUT2D eigenvalue weighted by Gasteiger charge is 2.61. The lowest BCUT2D eigenvalue weighted by molar-refractivity contribution is 0.0516. The van der Waals surface area contributed by atoms with Crippen LogP contribution in [0.1, 0.15) is 111 Å². The van der Waals surface area contributed by atoms with Gasteiger partial charge in [0.15, 0.2) is 31.1 Å². The number of sulfone groups is 2. The summed E-state index contributed by atoms with van der Waals surface area (Å²) in [5.41, 5.74) is 2.01. The van der Waals surface area contributed by atoms with Crippen molar-refractivity contribution in [3.8, 4) is 0 Å². The molecule has 6 aliphatic rings. The van der Waals surface area contributed by atoms with E-state index in [1.807, 2.05) is 0 Å². The van der Waals surface area contributed by atoms with E-state index in [0.29, 0.717) is 67.5 Å². The van der Waals surface area contributed by atoms with Crippen LogP contribution in [0.3, 0.4) is 0 Å². The summed E-state index contributed by atoms with van der Waals surface area (Å²) < 4.78 is 55.1. The molecule has 2 aromatic heterocycles. The molecule has 4 saturated carbocycles. The number of amides is 2. The van der Waals surface area contributed by atoms with Gasteiger partial charge in [0.1, 0.15) is 11.4 Å². The SMILES string of the molecule is CCOC(=O)c1nn(C)c2c1CCNC2=O.Cn1nc(C(=O)O)c2c1C(=O)N(CC1(S(=O)(=O)C3CC3)CC1)CC2.O=S(=O)(C1CC1)C1(CBr)CC1. The Kier molecular flexibility index (Phi) is 9.97. The average Bonchev–Trinajstić information content (AvgIpc) is 3.90. The van der Waals surface area contributed by atoms with Crippen molar-refractivity contribution in [2.24, 2.45) is 14.1 Å². The number of carbonyl (C=O) groups excluding carboxylic acids is 3. The van der Waals surface area contributed by atoms with Crippen molar-refractivity contribution in [3.63, 3.8) is 0 Å². The maximum atomic E-state index is 12.8. The molecule has 0 spiro atoms. The summed E-state index contributed by atoms with van der Waals surface area (Å²) >= 11 is 3.29. The Labute approximate surface area is 304 Å². The number of nitrogens with zero attached hydrogens (tertiary/aromatic N) is 5. The summed E-state index contributed by atoms with van der Waals surface area (Å²) in [7, 11) is -2.75. The number of nitrogens with one attached hydrogen (secondary N) is 1. The normalized spacial score (nSPS) is 21.1. The standard InChI is InChI=1S/C15H19N3O5S.C10H13N3O3.C7H11BrO2S/c1-17-12-10(11(16-17)14(20)21)4-7-18(13(12)19)8-15(5-6-15)24(22,23)9-2-3-9;1-3-16-10(15)7-6-4-5-11-9(14)8(6)13(2)12-7;8-5-7(3-4-7)11(9,10)6-1-2-6/h9H,2-8H2,1H3,(H,20,21);3-5H2,1-2H3,(H,11,14);6H,1-5H2. The van der Waals surface area contributed by atoms with Crippen LogP contribution >= 0.6 is 15.9 Å². The van der Waals surface area contributed by atoms with E-state index in [0.717, 1.165) is 38.5 Å². The maximum Gasteiger partial charge on any atom is 0.359 e. The molecule has 4 heterocycles. The number of aromatic carboxylic acids is 1. The Hall–Kier alpha value is -3.32. The van der Waals surface area contributed by atoms with Gasteiger partial charge in [-0.25, -0.2) is 26.4 Å². The maximum absolute atomic E-state index is 12.8. The topological polar surface area (TPSA) is 217 Å². The molecule has 0 aromatic carbocycles. The Bertz CT molecular complexity index is 1990. The molecule has 8 rings (SSSR count). The van der Waals surface area contributed by atoms with Crippen LogP contribution in [0, 0.1) is 0 Å². The predicted octanol–water partition coefficient (Wildman–Crippen LogP) is 1.60. The van der Waals surface area contributed by atoms with E-state index in [1.54, 1.807) is 25.9 Å². The third kappa shape index (κ3) is 6.84.